The highest BCUT2D eigenvalue weighted by Crippen LogP contribution is 2.39. The van der Waals surface area contributed by atoms with Gasteiger partial charge < -0.3 is 9.97 Å². The van der Waals surface area contributed by atoms with Crippen molar-refractivity contribution in [3.8, 4) is 11.3 Å². The fraction of sp³-hybridized carbons (Fsp3) is 0.0769. The van der Waals surface area contributed by atoms with E-state index in [0.717, 1.165) is 17.5 Å². The molecular formula is C26H22N2. The molecule has 1 aliphatic carbocycles. The average Bonchev–Trinajstić information content (AvgIpc) is 3.21. The van der Waals surface area contributed by atoms with Crippen molar-refractivity contribution < 1.29 is 0 Å². The summed E-state index contributed by atoms with van der Waals surface area (Å²) >= 11 is 0. The second-order valence-electron chi connectivity index (χ2n) is 7.40. The summed E-state index contributed by atoms with van der Waals surface area (Å²) in [7, 11) is 0. The monoisotopic (exact) mass is 362 g/mol. The first-order valence-electron chi connectivity index (χ1n) is 9.57. The zero-order valence-corrected chi connectivity index (χ0v) is 16.0. The summed E-state index contributed by atoms with van der Waals surface area (Å²) in [4.78, 5) is 7.29. The van der Waals surface area contributed by atoms with Crippen LogP contribution in [0.25, 0.3) is 45.2 Å². The van der Waals surface area contributed by atoms with Gasteiger partial charge in [-0.2, -0.15) is 0 Å². The molecule has 5 rings (SSSR count). The highest BCUT2D eigenvalue weighted by Gasteiger charge is 2.20. The molecule has 2 N–H and O–H groups in total. The summed E-state index contributed by atoms with van der Waals surface area (Å²) < 4.78 is 0. The van der Waals surface area contributed by atoms with Gasteiger partial charge in [0.05, 0.1) is 11.2 Å². The lowest BCUT2D eigenvalue weighted by molar-refractivity contribution is 1.19. The Kier molecular flexibility index (Phi) is 3.73. The van der Waals surface area contributed by atoms with Crippen molar-refractivity contribution in [3.63, 3.8) is 0 Å². The quantitative estimate of drug-likeness (QED) is 0.362. The van der Waals surface area contributed by atoms with Crippen molar-refractivity contribution in [2.75, 3.05) is 0 Å². The Morgan fingerprint density at radius 1 is 1.00 bits per heavy atom. The maximum Gasteiger partial charge on any atom is 0.0542 e. The molecule has 2 nitrogen and oxygen atoms in total. The largest absolute Gasteiger partial charge is 0.358 e. The minimum atomic E-state index is 0.822. The van der Waals surface area contributed by atoms with Gasteiger partial charge in [-0.05, 0) is 25.0 Å². The third-order valence-electron chi connectivity index (χ3n) is 5.62. The van der Waals surface area contributed by atoms with Crippen LogP contribution in [0.5, 0.6) is 0 Å². The van der Waals surface area contributed by atoms with Crippen molar-refractivity contribution in [1.82, 2.24) is 9.97 Å². The Bertz CT molecular complexity index is 1320. The maximum atomic E-state index is 4.30. The lowest BCUT2D eigenvalue weighted by Gasteiger charge is -2.14. The third kappa shape index (κ3) is 2.42. The van der Waals surface area contributed by atoms with E-state index in [1.54, 1.807) is 0 Å². The molecule has 4 aromatic rings. The van der Waals surface area contributed by atoms with Crippen LogP contribution >= 0.6 is 0 Å². The number of para-hydroxylation sites is 1. The first-order chi connectivity index (χ1) is 13.7. The van der Waals surface area contributed by atoms with Gasteiger partial charge in [0.1, 0.15) is 0 Å². The van der Waals surface area contributed by atoms with E-state index in [4.69, 9.17) is 0 Å². The van der Waals surface area contributed by atoms with Crippen LogP contribution in [-0.2, 0) is 6.42 Å². The number of benzene rings is 2. The van der Waals surface area contributed by atoms with E-state index in [-0.39, 0.29) is 0 Å². The van der Waals surface area contributed by atoms with E-state index in [1.165, 1.54) is 49.9 Å². The number of rotatable bonds is 2. The Morgan fingerprint density at radius 2 is 1.86 bits per heavy atom. The van der Waals surface area contributed by atoms with Gasteiger partial charge in [-0.25, -0.2) is 0 Å². The summed E-state index contributed by atoms with van der Waals surface area (Å²) in [5, 5.41) is 2.48. The third-order valence-corrected chi connectivity index (χ3v) is 5.62. The standard InChI is InChI=1S/C26H22N2/c1-4-5-8-18-17(3)27-26-20(18)13-14-22-23(26)15-16(2)11-12-21-19-9-6-7-10-24(19)28-25(21)22/h4-14,27-28H,1-2,15H2,3H3/b8-5-,12-11-. The van der Waals surface area contributed by atoms with Crippen molar-refractivity contribution in [1.29, 1.82) is 0 Å². The van der Waals surface area contributed by atoms with Gasteiger partial charge >= 0.3 is 0 Å². The van der Waals surface area contributed by atoms with Crippen LogP contribution in [0.2, 0.25) is 0 Å². The molecule has 2 heteroatoms. The Hall–Kier alpha value is -3.52. The van der Waals surface area contributed by atoms with E-state index in [0.29, 0.717) is 0 Å². The lowest BCUT2D eigenvalue weighted by Crippen LogP contribution is -1.97. The van der Waals surface area contributed by atoms with Crippen LogP contribution in [0.15, 0.2) is 73.4 Å². The van der Waals surface area contributed by atoms with Crippen LogP contribution < -0.4 is 0 Å². The molecule has 0 fully saturated rings. The highest BCUT2D eigenvalue weighted by molar-refractivity contribution is 6.02. The summed E-state index contributed by atoms with van der Waals surface area (Å²) in [6.07, 6.45) is 11.1. The number of fused-ring (bicyclic) bond motifs is 7. The maximum absolute atomic E-state index is 4.30. The Balaban J connectivity index is 1.86. The molecule has 0 saturated carbocycles. The van der Waals surface area contributed by atoms with Crippen molar-refractivity contribution in [2.45, 2.75) is 13.3 Å². The lowest BCUT2D eigenvalue weighted by atomic mass is 9.91. The molecular weight excluding hydrogens is 340 g/mol. The van der Waals surface area contributed by atoms with Crippen molar-refractivity contribution in [3.05, 3.63) is 95.7 Å². The molecule has 0 unspecified atom stereocenters. The fourth-order valence-electron chi connectivity index (χ4n) is 4.31. The first kappa shape index (κ1) is 16.6. The van der Waals surface area contributed by atoms with Crippen LogP contribution in [0, 0.1) is 6.92 Å². The molecule has 0 saturated heterocycles. The van der Waals surface area contributed by atoms with Gasteiger partial charge in [-0.1, -0.05) is 79.4 Å². The summed E-state index contributed by atoms with van der Waals surface area (Å²) in [6, 6.07) is 13.0. The molecule has 0 bridgehead atoms. The zero-order chi connectivity index (χ0) is 19.3. The fourth-order valence-corrected chi connectivity index (χ4v) is 4.31. The van der Waals surface area contributed by atoms with Crippen molar-refractivity contribution in [2.24, 2.45) is 0 Å². The predicted octanol–water partition coefficient (Wildman–Crippen LogP) is 6.95. The molecule has 2 heterocycles. The topological polar surface area (TPSA) is 31.6 Å². The van der Waals surface area contributed by atoms with Gasteiger partial charge in [-0.3, -0.25) is 0 Å². The number of hydrogen-bond acceptors (Lipinski definition) is 0. The molecule has 2 aromatic heterocycles. The molecule has 2 aromatic carbocycles. The second kappa shape index (κ2) is 6.28. The molecule has 1 aliphatic rings. The molecule has 0 amide bonds. The number of nitrogens with one attached hydrogen (secondary N) is 2. The molecule has 0 atom stereocenters. The van der Waals surface area contributed by atoms with Gasteiger partial charge in [-0.15, -0.1) is 0 Å². The van der Waals surface area contributed by atoms with E-state index in [1.807, 2.05) is 12.2 Å². The van der Waals surface area contributed by atoms with E-state index in [2.05, 4.69) is 84.7 Å². The normalized spacial score (nSPS) is 14.8. The minimum absolute atomic E-state index is 0.822. The molecule has 0 aliphatic heterocycles. The summed E-state index contributed by atoms with van der Waals surface area (Å²) in [5.41, 5.74) is 10.8. The highest BCUT2D eigenvalue weighted by atomic mass is 14.7. The summed E-state index contributed by atoms with van der Waals surface area (Å²) in [6.45, 7) is 10.2. The number of H-pyrrole nitrogens is 2. The van der Waals surface area contributed by atoms with Gasteiger partial charge in [0.25, 0.3) is 0 Å². The van der Waals surface area contributed by atoms with Gasteiger partial charge in [0, 0.05) is 38.7 Å². The number of aryl methyl sites for hydroxylation is 1. The number of hydrogen-bond donors (Lipinski definition) is 2. The van der Waals surface area contributed by atoms with E-state index >= 15 is 0 Å². The van der Waals surface area contributed by atoms with Crippen LogP contribution in [0.1, 0.15) is 22.4 Å². The molecule has 28 heavy (non-hydrogen) atoms. The predicted molar refractivity (Wildman–Crippen MR) is 121 cm³/mol. The van der Waals surface area contributed by atoms with E-state index in [9.17, 15) is 0 Å². The van der Waals surface area contributed by atoms with Gasteiger partial charge in [0.2, 0.25) is 0 Å². The second-order valence-corrected chi connectivity index (χ2v) is 7.40. The first-order valence-corrected chi connectivity index (χ1v) is 9.57. The smallest absolute Gasteiger partial charge is 0.0542 e. The SMILES string of the molecule is C=C/C=C\c1c(C)[nH]c2c3c(ccc12)-c1[nH]c2ccccc2c1/C=C\C(=C)C3. The summed E-state index contributed by atoms with van der Waals surface area (Å²) in [5.74, 6) is 0. The number of allylic oxidation sites excluding steroid dienone is 4. The molecule has 0 radical (unpaired) electrons. The molecule has 136 valence electrons. The molecule has 0 spiro atoms. The number of aromatic nitrogens is 2. The Labute approximate surface area is 164 Å². The van der Waals surface area contributed by atoms with Crippen molar-refractivity contribution >= 4 is 34.0 Å². The Morgan fingerprint density at radius 3 is 2.71 bits per heavy atom. The van der Waals surface area contributed by atoms with Crippen LogP contribution in [0.3, 0.4) is 0 Å². The van der Waals surface area contributed by atoms with E-state index < -0.39 is 0 Å². The van der Waals surface area contributed by atoms with Crippen LogP contribution in [0.4, 0.5) is 0 Å². The van der Waals surface area contributed by atoms with Crippen LogP contribution in [-0.4, -0.2) is 9.97 Å². The average molecular weight is 362 g/mol. The minimum Gasteiger partial charge on any atom is -0.358 e. The zero-order valence-electron chi connectivity index (χ0n) is 16.0. The van der Waals surface area contributed by atoms with Gasteiger partial charge in [0.15, 0.2) is 0 Å². The number of aromatic amines is 2.